The quantitative estimate of drug-likeness (QED) is 0.813. The summed E-state index contributed by atoms with van der Waals surface area (Å²) in [5.74, 6) is -1.37. The van der Waals surface area contributed by atoms with Crippen LogP contribution in [0.1, 0.15) is 27.2 Å². The fourth-order valence-corrected chi connectivity index (χ4v) is 4.06. The monoisotopic (exact) mass is 307 g/mol. The summed E-state index contributed by atoms with van der Waals surface area (Å²) in [6.45, 7) is 4.48. The fraction of sp³-hybridized carbons (Fsp3) is 0.727. The molecule has 0 saturated carbocycles. The Morgan fingerprint density at radius 1 is 1.37 bits per heavy atom. The number of aliphatic carboxylic acids is 1. The van der Waals surface area contributed by atoms with Crippen molar-refractivity contribution in [2.24, 2.45) is 0 Å². The lowest BCUT2D eigenvalue weighted by Crippen LogP contribution is -2.55. The second-order valence-corrected chi connectivity index (χ2v) is 8.14. The maximum absolute atomic E-state index is 12.4. The zero-order chi connectivity index (χ0) is 14.8. The third-order valence-electron chi connectivity index (χ3n) is 2.74. The van der Waals surface area contributed by atoms with Gasteiger partial charge in [-0.2, -0.15) is 0 Å². The highest BCUT2D eigenvalue weighted by molar-refractivity contribution is 8.15. The van der Waals surface area contributed by atoms with Gasteiger partial charge in [-0.25, -0.2) is 4.79 Å². The van der Waals surface area contributed by atoms with Crippen molar-refractivity contribution in [2.75, 3.05) is 11.6 Å². The molecule has 0 aromatic heterocycles. The number of hydrogen-bond donors (Lipinski definition) is 1. The Morgan fingerprint density at radius 2 is 1.95 bits per heavy atom. The van der Waals surface area contributed by atoms with E-state index in [0.717, 1.165) is 16.7 Å². The molecular formula is C11H17NO5S2. The lowest BCUT2D eigenvalue weighted by atomic mass is 10.1. The summed E-state index contributed by atoms with van der Waals surface area (Å²) in [7, 11) is -1.23. The predicted octanol–water partition coefficient (Wildman–Crippen LogP) is 0.436. The molecule has 1 amide bonds. The van der Waals surface area contributed by atoms with Crippen molar-refractivity contribution in [3.8, 4) is 0 Å². The summed E-state index contributed by atoms with van der Waals surface area (Å²) >= 11 is 0.851. The molecule has 0 aliphatic carbocycles. The molecule has 0 radical (unpaired) electrons. The van der Waals surface area contributed by atoms with Gasteiger partial charge in [0, 0.05) is 23.5 Å². The fourth-order valence-electron chi connectivity index (χ4n) is 1.91. The Morgan fingerprint density at radius 3 is 2.42 bits per heavy atom. The summed E-state index contributed by atoms with van der Waals surface area (Å²) < 4.78 is 10.5. The van der Waals surface area contributed by atoms with Crippen LogP contribution in [-0.4, -0.2) is 53.6 Å². The third kappa shape index (κ3) is 4.04. The van der Waals surface area contributed by atoms with Crippen molar-refractivity contribution in [3.05, 3.63) is 0 Å². The van der Waals surface area contributed by atoms with Crippen molar-refractivity contribution in [2.45, 2.75) is 38.0 Å². The van der Waals surface area contributed by atoms with E-state index in [2.05, 4.69) is 0 Å². The van der Waals surface area contributed by atoms with Crippen LogP contribution >= 0.6 is 11.8 Å². The number of hydrogen-bond acceptors (Lipinski definition) is 5. The summed E-state index contributed by atoms with van der Waals surface area (Å²) in [4.78, 5) is 35.8. The number of carbonyl (C=O) groups is 3. The minimum atomic E-state index is -1.23. The van der Waals surface area contributed by atoms with Crippen molar-refractivity contribution < 1.29 is 23.7 Å². The molecule has 1 aliphatic heterocycles. The molecule has 1 fully saturated rings. The highest BCUT2D eigenvalue weighted by Crippen LogP contribution is 2.29. The molecule has 1 heterocycles. The third-order valence-corrected chi connectivity index (χ3v) is 4.97. The van der Waals surface area contributed by atoms with E-state index in [0.29, 0.717) is 0 Å². The Labute approximate surface area is 118 Å². The van der Waals surface area contributed by atoms with Crippen LogP contribution < -0.4 is 0 Å². The molecule has 2 unspecified atom stereocenters. The Balaban J connectivity index is 2.95. The first kappa shape index (κ1) is 16.2. The second kappa shape index (κ2) is 6.04. The van der Waals surface area contributed by atoms with E-state index in [9.17, 15) is 18.6 Å². The normalized spacial score (nSPS) is 24.1. The topological polar surface area (TPSA) is 91.8 Å². The molecule has 1 rings (SSSR count). The van der Waals surface area contributed by atoms with E-state index in [-0.39, 0.29) is 23.2 Å². The molecule has 2 atom stereocenters. The van der Waals surface area contributed by atoms with E-state index in [1.165, 1.54) is 6.92 Å². The molecule has 1 saturated heterocycles. The molecule has 1 N–H and O–H groups in total. The SMILES string of the molecule is CC(=O)SC(C)(C)C(=O)N1CS(=O)CCC1C(=O)O. The van der Waals surface area contributed by atoms with Gasteiger partial charge in [0.2, 0.25) is 5.91 Å². The molecule has 108 valence electrons. The molecule has 19 heavy (non-hydrogen) atoms. The summed E-state index contributed by atoms with van der Waals surface area (Å²) in [6, 6.07) is -0.961. The minimum Gasteiger partial charge on any atom is -0.480 e. The van der Waals surface area contributed by atoms with Crippen molar-refractivity contribution >= 4 is 39.6 Å². The van der Waals surface area contributed by atoms with E-state index >= 15 is 0 Å². The van der Waals surface area contributed by atoms with Crippen LogP contribution in [0, 0.1) is 0 Å². The number of rotatable bonds is 3. The number of thioether (sulfide) groups is 1. The standard InChI is InChI=1S/C11H17NO5S2/c1-7(13)18-11(2,3)10(16)12-6-19(17)5-4-8(12)9(14)15/h8H,4-6H2,1-3H3,(H,14,15). The molecule has 8 heteroatoms. The first-order valence-corrected chi connectivity index (χ1v) is 8.04. The van der Waals surface area contributed by atoms with Crippen LogP contribution in [-0.2, 0) is 25.2 Å². The molecule has 0 aromatic rings. The maximum Gasteiger partial charge on any atom is 0.326 e. The second-order valence-electron chi connectivity index (χ2n) is 4.79. The molecule has 0 spiro atoms. The number of carboxylic acid groups (broad SMARTS) is 1. The summed E-state index contributed by atoms with van der Waals surface area (Å²) in [5.41, 5.74) is 0. The molecule has 1 aliphatic rings. The van der Waals surface area contributed by atoms with E-state index < -0.39 is 33.5 Å². The van der Waals surface area contributed by atoms with Crippen LogP contribution in [0.2, 0.25) is 0 Å². The first-order valence-electron chi connectivity index (χ1n) is 5.73. The van der Waals surface area contributed by atoms with Crippen LogP contribution in [0.3, 0.4) is 0 Å². The highest BCUT2D eigenvalue weighted by atomic mass is 32.2. The molecule has 0 aromatic carbocycles. The van der Waals surface area contributed by atoms with Gasteiger partial charge < -0.3 is 10.0 Å². The van der Waals surface area contributed by atoms with Gasteiger partial charge >= 0.3 is 5.97 Å². The van der Waals surface area contributed by atoms with Crippen LogP contribution in [0.5, 0.6) is 0 Å². The average Bonchev–Trinajstić information content (AvgIpc) is 2.25. The molecule has 6 nitrogen and oxygen atoms in total. The summed E-state index contributed by atoms with van der Waals surface area (Å²) in [5, 5.41) is 8.91. The van der Waals surface area contributed by atoms with Crippen molar-refractivity contribution in [3.63, 3.8) is 0 Å². The Kier molecular flexibility index (Phi) is 5.14. The van der Waals surface area contributed by atoms with Crippen LogP contribution in [0.25, 0.3) is 0 Å². The highest BCUT2D eigenvalue weighted by Gasteiger charge is 2.42. The maximum atomic E-state index is 12.4. The number of carbonyl (C=O) groups excluding carboxylic acids is 2. The van der Waals surface area contributed by atoms with Crippen LogP contribution in [0.15, 0.2) is 0 Å². The van der Waals surface area contributed by atoms with Crippen LogP contribution in [0.4, 0.5) is 0 Å². The number of nitrogens with zero attached hydrogens (tertiary/aromatic N) is 1. The zero-order valence-corrected chi connectivity index (χ0v) is 12.7. The van der Waals surface area contributed by atoms with E-state index in [1.807, 2.05) is 0 Å². The minimum absolute atomic E-state index is 0.0856. The summed E-state index contributed by atoms with van der Waals surface area (Å²) in [6.07, 6.45) is 0.175. The van der Waals surface area contributed by atoms with Gasteiger partial charge in [-0.15, -0.1) is 0 Å². The smallest absolute Gasteiger partial charge is 0.326 e. The van der Waals surface area contributed by atoms with Gasteiger partial charge in [-0.05, 0) is 20.3 Å². The number of carboxylic acids is 1. The number of amides is 1. The molecule has 0 bridgehead atoms. The average molecular weight is 307 g/mol. The van der Waals surface area contributed by atoms with Gasteiger partial charge in [0.05, 0.1) is 10.6 Å². The van der Waals surface area contributed by atoms with Gasteiger partial charge in [0.15, 0.2) is 5.12 Å². The zero-order valence-electron chi connectivity index (χ0n) is 11.0. The molecular weight excluding hydrogens is 290 g/mol. The predicted molar refractivity (Wildman–Crippen MR) is 73.1 cm³/mol. The van der Waals surface area contributed by atoms with Crippen molar-refractivity contribution in [1.29, 1.82) is 0 Å². The van der Waals surface area contributed by atoms with Gasteiger partial charge in [0.1, 0.15) is 6.04 Å². The van der Waals surface area contributed by atoms with Gasteiger partial charge in [-0.3, -0.25) is 13.8 Å². The Bertz CT molecular complexity index is 435. The first-order chi connectivity index (χ1) is 8.65. The van der Waals surface area contributed by atoms with Gasteiger partial charge in [0.25, 0.3) is 0 Å². The lowest BCUT2D eigenvalue weighted by Gasteiger charge is -2.37. The lowest BCUT2D eigenvalue weighted by molar-refractivity contribution is -0.150. The Hall–Kier alpha value is -0.890. The largest absolute Gasteiger partial charge is 0.480 e. The van der Waals surface area contributed by atoms with Crippen molar-refractivity contribution in [1.82, 2.24) is 4.90 Å². The van der Waals surface area contributed by atoms with E-state index in [4.69, 9.17) is 5.11 Å². The van der Waals surface area contributed by atoms with E-state index in [1.54, 1.807) is 13.8 Å². The van der Waals surface area contributed by atoms with Gasteiger partial charge in [-0.1, -0.05) is 11.8 Å².